The molecular formula is C15H12FN5O3. The van der Waals surface area contributed by atoms with Gasteiger partial charge in [0.2, 0.25) is 5.82 Å². The van der Waals surface area contributed by atoms with E-state index in [0.717, 1.165) is 18.3 Å². The Kier molecular flexibility index (Phi) is 6.15. The Hall–Kier alpha value is -3.72. The molecule has 0 aliphatic carbocycles. The van der Waals surface area contributed by atoms with E-state index < -0.39 is 16.4 Å². The highest BCUT2D eigenvalue weighted by Gasteiger charge is 2.18. The first kappa shape index (κ1) is 18.3. The van der Waals surface area contributed by atoms with Crippen molar-refractivity contribution in [3.05, 3.63) is 51.6 Å². The maximum absolute atomic E-state index is 13.8. The number of halogens is 1. The summed E-state index contributed by atoms with van der Waals surface area (Å²) in [4.78, 5) is 21.0. The molecule has 0 unspecified atom stereocenters. The fourth-order valence-electron chi connectivity index (χ4n) is 1.72. The van der Waals surface area contributed by atoms with Gasteiger partial charge in [0.05, 0.1) is 16.3 Å². The van der Waals surface area contributed by atoms with Crippen LogP contribution in [0.2, 0.25) is 0 Å². The lowest BCUT2D eigenvalue weighted by Gasteiger charge is -2.12. The van der Waals surface area contributed by atoms with Crippen LogP contribution in [0.25, 0.3) is 0 Å². The lowest BCUT2D eigenvalue weighted by Crippen LogP contribution is -2.04. The second-order valence-corrected chi connectivity index (χ2v) is 4.60. The largest absolute Gasteiger partial charge is 0.358 e. The first-order valence-electron chi connectivity index (χ1n) is 6.49. The molecule has 1 aromatic carbocycles. The van der Waals surface area contributed by atoms with Crippen molar-refractivity contribution in [2.45, 2.75) is 13.8 Å². The number of rotatable bonds is 6. The van der Waals surface area contributed by atoms with Crippen molar-refractivity contribution in [2.24, 2.45) is 0 Å². The van der Waals surface area contributed by atoms with Gasteiger partial charge in [-0.2, -0.15) is 14.9 Å². The van der Waals surface area contributed by atoms with Crippen LogP contribution in [0.3, 0.4) is 0 Å². The fourth-order valence-corrected chi connectivity index (χ4v) is 1.72. The molecule has 8 nitrogen and oxygen atoms in total. The number of nitrogens with zero attached hydrogens (tertiary/aromatic N) is 3. The van der Waals surface area contributed by atoms with Crippen LogP contribution in [0.1, 0.15) is 13.8 Å². The number of nitrogens with one attached hydrogen (secondary N) is 2. The minimum absolute atomic E-state index is 0.0578. The third-order valence-electron chi connectivity index (χ3n) is 2.65. The number of nitriles is 2. The van der Waals surface area contributed by atoms with E-state index >= 15 is 0 Å². The molecule has 1 aromatic rings. The zero-order valence-corrected chi connectivity index (χ0v) is 12.8. The highest BCUT2D eigenvalue weighted by molar-refractivity contribution is 5.88. The number of benzene rings is 1. The number of carbonyl (C=O) groups is 1. The van der Waals surface area contributed by atoms with Gasteiger partial charge >= 0.3 is 5.69 Å². The van der Waals surface area contributed by atoms with Gasteiger partial charge in [-0.3, -0.25) is 14.9 Å². The summed E-state index contributed by atoms with van der Waals surface area (Å²) in [6.07, 6.45) is 2.29. The Morgan fingerprint density at radius 2 is 1.92 bits per heavy atom. The van der Waals surface area contributed by atoms with Crippen molar-refractivity contribution in [3.63, 3.8) is 0 Å². The van der Waals surface area contributed by atoms with Crippen LogP contribution >= 0.6 is 0 Å². The van der Waals surface area contributed by atoms with E-state index in [-0.39, 0.29) is 22.7 Å². The van der Waals surface area contributed by atoms with Gasteiger partial charge in [-0.25, -0.2) is 0 Å². The predicted octanol–water partition coefficient (Wildman–Crippen LogP) is 2.98. The van der Waals surface area contributed by atoms with Gasteiger partial charge in [0.15, 0.2) is 5.78 Å². The highest BCUT2D eigenvalue weighted by Crippen LogP contribution is 2.31. The summed E-state index contributed by atoms with van der Waals surface area (Å²) in [6, 6.07) is 5.02. The average Bonchev–Trinajstić information content (AvgIpc) is 2.48. The standard InChI is InChI=1S/C15H12FN5O3/c1-9(3-10(2)22)20-14-4-12(16)15(21(23)24)5-13(14)19-8-11(6-17)7-18/h3-5,8,19-20H,1-2H3. The van der Waals surface area contributed by atoms with Crippen LogP contribution < -0.4 is 10.6 Å². The van der Waals surface area contributed by atoms with Crippen LogP contribution in [0.4, 0.5) is 21.5 Å². The van der Waals surface area contributed by atoms with Crippen molar-refractivity contribution >= 4 is 22.8 Å². The molecule has 24 heavy (non-hydrogen) atoms. The van der Waals surface area contributed by atoms with Gasteiger partial charge in [0, 0.05) is 24.0 Å². The zero-order valence-electron chi connectivity index (χ0n) is 12.8. The average molecular weight is 329 g/mol. The predicted molar refractivity (Wildman–Crippen MR) is 84.0 cm³/mol. The van der Waals surface area contributed by atoms with Crippen molar-refractivity contribution in [1.29, 1.82) is 10.5 Å². The first-order valence-corrected chi connectivity index (χ1v) is 6.49. The Labute approximate surface area is 136 Å². The number of nitro groups is 1. The van der Waals surface area contributed by atoms with Gasteiger partial charge in [-0.1, -0.05) is 0 Å². The normalized spacial score (nSPS) is 10.1. The molecule has 1 rings (SSSR count). The van der Waals surface area contributed by atoms with Gasteiger partial charge in [-0.15, -0.1) is 0 Å². The van der Waals surface area contributed by atoms with Gasteiger partial charge in [0.1, 0.15) is 17.7 Å². The topological polar surface area (TPSA) is 132 Å². The lowest BCUT2D eigenvalue weighted by molar-refractivity contribution is -0.387. The molecule has 2 N–H and O–H groups in total. The smallest absolute Gasteiger partial charge is 0.307 e. The molecule has 0 spiro atoms. The Balaban J connectivity index is 3.35. The Morgan fingerprint density at radius 3 is 2.42 bits per heavy atom. The number of anilines is 2. The van der Waals surface area contributed by atoms with E-state index in [2.05, 4.69) is 10.6 Å². The van der Waals surface area contributed by atoms with E-state index in [1.807, 2.05) is 0 Å². The van der Waals surface area contributed by atoms with E-state index in [9.17, 15) is 19.3 Å². The van der Waals surface area contributed by atoms with Crippen molar-refractivity contribution in [3.8, 4) is 12.1 Å². The molecule has 0 atom stereocenters. The molecule has 0 aliphatic heterocycles. The van der Waals surface area contributed by atoms with Crippen molar-refractivity contribution < 1.29 is 14.1 Å². The van der Waals surface area contributed by atoms with Crippen LogP contribution in [0.15, 0.2) is 35.7 Å². The molecule has 0 aromatic heterocycles. The summed E-state index contributed by atoms with van der Waals surface area (Å²) >= 11 is 0. The highest BCUT2D eigenvalue weighted by atomic mass is 19.1. The lowest BCUT2D eigenvalue weighted by atomic mass is 10.2. The molecule has 0 radical (unpaired) electrons. The van der Waals surface area contributed by atoms with Gasteiger partial charge < -0.3 is 10.6 Å². The number of nitro benzene ring substituents is 1. The molecule has 122 valence electrons. The maximum Gasteiger partial charge on any atom is 0.307 e. The van der Waals surface area contributed by atoms with E-state index in [0.29, 0.717) is 5.70 Å². The van der Waals surface area contributed by atoms with Gasteiger partial charge in [-0.05, 0) is 19.9 Å². The molecule has 0 bridgehead atoms. The van der Waals surface area contributed by atoms with E-state index in [1.165, 1.54) is 13.0 Å². The summed E-state index contributed by atoms with van der Waals surface area (Å²) in [7, 11) is 0. The Bertz CT molecular complexity index is 815. The molecular weight excluding hydrogens is 317 g/mol. The van der Waals surface area contributed by atoms with Crippen LogP contribution in [0.5, 0.6) is 0 Å². The SMILES string of the molecule is CC(=O)C=C(C)Nc1cc(F)c([N+](=O)[O-])cc1NC=C(C#N)C#N. The number of hydrogen-bond donors (Lipinski definition) is 2. The quantitative estimate of drug-likeness (QED) is 0.355. The summed E-state index contributed by atoms with van der Waals surface area (Å²) in [5.41, 5.74) is -0.519. The van der Waals surface area contributed by atoms with Crippen molar-refractivity contribution in [2.75, 3.05) is 10.6 Å². The monoisotopic (exact) mass is 329 g/mol. The second-order valence-electron chi connectivity index (χ2n) is 4.60. The van der Waals surface area contributed by atoms with Crippen LogP contribution in [0, 0.1) is 38.6 Å². The van der Waals surface area contributed by atoms with Crippen molar-refractivity contribution in [1.82, 2.24) is 0 Å². The molecule has 0 aliphatic rings. The van der Waals surface area contributed by atoms with E-state index in [1.54, 1.807) is 19.1 Å². The van der Waals surface area contributed by atoms with Gasteiger partial charge in [0.25, 0.3) is 0 Å². The molecule has 0 fully saturated rings. The second kappa shape index (κ2) is 8.06. The van der Waals surface area contributed by atoms with Crippen LogP contribution in [-0.2, 0) is 4.79 Å². The number of carbonyl (C=O) groups excluding carboxylic acids is 1. The Morgan fingerprint density at radius 1 is 1.29 bits per heavy atom. The van der Waals surface area contributed by atoms with E-state index in [4.69, 9.17) is 10.5 Å². The zero-order chi connectivity index (χ0) is 18.3. The minimum Gasteiger partial charge on any atom is -0.358 e. The fraction of sp³-hybridized carbons (Fsp3) is 0.133. The number of allylic oxidation sites excluding steroid dienone is 3. The molecule has 0 amide bonds. The maximum atomic E-state index is 13.8. The minimum atomic E-state index is -1.08. The molecule has 9 heteroatoms. The third-order valence-corrected chi connectivity index (χ3v) is 2.65. The van der Waals surface area contributed by atoms with Crippen LogP contribution in [-0.4, -0.2) is 10.7 Å². The summed E-state index contributed by atoms with van der Waals surface area (Å²) in [6.45, 7) is 2.88. The summed E-state index contributed by atoms with van der Waals surface area (Å²) in [5, 5.41) is 33.5. The first-order chi connectivity index (χ1) is 11.3. The molecule has 0 saturated heterocycles. The number of hydrogen-bond acceptors (Lipinski definition) is 7. The third kappa shape index (κ3) is 4.93. The summed E-state index contributed by atoms with van der Waals surface area (Å²) in [5.74, 6) is -1.32. The molecule has 0 heterocycles. The summed E-state index contributed by atoms with van der Waals surface area (Å²) < 4.78 is 13.8. The number of ketones is 1. The molecule has 0 saturated carbocycles.